The second-order valence-corrected chi connectivity index (χ2v) is 4.83. The fourth-order valence-electron chi connectivity index (χ4n) is 1.73. The maximum absolute atomic E-state index is 11.3. The smallest absolute Gasteiger partial charge is 0.413 e. The fourth-order valence-corrected chi connectivity index (χ4v) is 1.91. The van der Waals surface area contributed by atoms with Gasteiger partial charge in [0.15, 0.2) is 16.7 Å². The average Bonchev–Trinajstić information content (AvgIpc) is 2.55. The summed E-state index contributed by atoms with van der Waals surface area (Å²) >= 11 is 5.05. The summed E-state index contributed by atoms with van der Waals surface area (Å²) in [6, 6.07) is 13.3. The lowest BCUT2D eigenvalue weighted by atomic mass is 10.2. The molecule has 2 N–H and O–H groups in total. The van der Waals surface area contributed by atoms with Gasteiger partial charge in [-0.15, -0.1) is 0 Å². The molecule has 0 aliphatic rings. The van der Waals surface area contributed by atoms with Crippen LogP contribution in [0.3, 0.4) is 0 Å². The number of benzene rings is 1. The summed E-state index contributed by atoms with van der Waals surface area (Å²) in [6.45, 7) is 2.38. The summed E-state index contributed by atoms with van der Waals surface area (Å²) in [5, 5.41) is 5.30. The number of alkyl carbamates (subject to hydrolysis) is 1. The van der Waals surface area contributed by atoms with Gasteiger partial charge in [-0.2, -0.15) is 0 Å². The van der Waals surface area contributed by atoms with Gasteiger partial charge in [-0.1, -0.05) is 30.3 Å². The fraction of sp³-hybridized carbons (Fsp3) is 0.188. The molecule has 0 aliphatic carbocycles. The Hall–Kier alpha value is -2.67. The lowest BCUT2D eigenvalue weighted by Crippen LogP contribution is -2.34. The molecule has 120 valence electrons. The second kappa shape index (κ2) is 8.70. The van der Waals surface area contributed by atoms with E-state index in [0.717, 1.165) is 5.56 Å². The zero-order valence-corrected chi connectivity index (χ0v) is 13.4. The zero-order valence-electron chi connectivity index (χ0n) is 12.6. The van der Waals surface area contributed by atoms with Crippen molar-refractivity contribution in [3.63, 3.8) is 0 Å². The van der Waals surface area contributed by atoms with Crippen LogP contribution in [0.4, 0.5) is 10.6 Å². The van der Waals surface area contributed by atoms with Crippen LogP contribution < -0.4 is 15.4 Å². The Bertz CT molecular complexity index is 665. The Morgan fingerprint density at radius 2 is 2.00 bits per heavy atom. The van der Waals surface area contributed by atoms with Gasteiger partial charge < -0.3 is 14.8 Å². The van der Waals surface area contributed by atoms with Gasteiger partial charge in [0.2, 0.25) is 0 Å². The van der Waals surface area contributed by atoms with Gasteiger partial charge in [-0.25, -0.2) is 9.78 Å². The highest BCUT2D eigenvalue weighted by Gasteiger charge is 2.09. The van der Waals surface area contributed by atoms with Crippen molar-refractivity contribution in [2.45, 2.75) is 13.5 Å². The number of pyridine rings is 1. The first-order valence-corrected chi connectivity index (χ1v) is 7.46. The molecular formula is C16H17N3O3S. The number of nitrogens with one attached hydrogen (secondary N) is 2. The Morgan fingerprint density at radius 3 is 2.74 bits per heavy atom. The molecule has 1 aromatic heterocycles. The molecular weight excluding hydrogens is 314 g/mol. The van der Waals surface area contributed by atoms with E-state index < -0.39 is 6.09 Å². The number of nitrogens with zero attached hydrogens (tertiary/aromatic N) is 1. The topological polar surface area (TPSA) is 72.5 Å². The third kappa shape index (κ3) is 5.55. The monoisotopic (exact) mass is 331 g/mol. The molecule has 0 spiro atoms. The summed E-state index contributed by atoms with van der Waals surface area (Å²) in [6.07, 6.45) is 0.984. The van der Waals surface area contributed by atoms with E-state index in [-0.39, 0.29) is 11.7 Å². The molecule has 0 saturated heterocycles. The van der Waals surface area contributed by atoms with Gasteiger partial charge >= 0.3 is 6.09 Å². The van der Waals surface area contributed by atoms with Gasteiger partial charge in [0.05, 0.1) is 6.61 Å². The second-order valence-electron chi connectivity index (χ2n) is 4.42. The molecule has 0 radical (unpaired) electrons. The summed E-state index contributed by atoms with van der Waals surface area (Å²) in [5.41, 5.74) is 1.04. The summed E-state index contributed by atoms with van der Waals surface area (Å²) < 4.78 is 10.5. The molecule has 6 nitrogen and oxygen atoms in total. The number of carbonyl (C=O) groups is 1. The summed E-state index contributed by atoms with van der Waals surface area (Å²) in [4.78, 5) is 15.5. The lowest BCUT2D eigenvalue weighted by Gasteiger charge is -2.13. The van der Waals surface area contributed by atoms with E-state index in [1.54, 1.807) is 25.3 Å². The van der Waals surface area contributed by atoms with Gasteiger partial charge in [-0.3, -0.25) is 5.32 Å². The highest BCUT2D eigenvalue weighted by Crippen LogP contribution is 2.22. The van der Waals surface area contributed by atoms with Crippen molar-refractivity contribution in [1.82, 2.24) is 10.3 Å². The SMILES string of the molecule is CCOC(=O)NC(=S)Nc1ncccc1OCc1ccccc1. The number of ether oxygens (including phenoxy) is 2. The minimum Gasteiger partial charge on any atom is -0.485 e. The number of carbonyl (C=O) groups excluding carboxylic acids is 1. The molecule has 2 aromatic rings. The van der Waals surface area contributed by atoms with E-state index >= 15 is 0 Å². The minimum atomic E-state index is -0.618. The largest absolute Gasteiger partial charge is 0.485 e. The average molecular weight is 331 g/mol. The van der Waals surface area contributed by atoms with Gasteiger partial charge in [-0.05, 0) is 36.8 Å². The van der Waals surface area contributed by atoms with Gasteiger partial charge in [0, 0.05) is 6.20 Å². The van der Waals surface area contributed by atoms with E-state index in [1.165, 1.54) is 0 Å². The van der Waals surface area contributed by atoms with Crippen molar-refractivity contribution in [3.8, 4) is 5.75 Å². The van der Waals surface area contributed by atoms with Crippen molar-refractivity contribution in [2.75, 3.05) is 11.9 Å². The van der Waals surface area contributed by atoms with Crippen LogP contribution in [0.5, 0.6) is 5.75 Å². The van der Waals surface area contributed by atoms with Crippen LogP contribution in [0.25, 0.3) is 0 Å². The number of aromatic nitrogens is 1. The predicted octanol–water partition coefficient (Wildman–Crippen LogP) is 3.10. The molecule has 0 fully saturated rings. The molecule has 1 amide bonds. The number of anilines is 1. The molecule has 0 atom stereocenters. The number of amides is 1. The summed E-state index contributed by atoms with van der Waals surface area (Å²) in [7, 11) is 0. The van der Waals surface area contributed by atoms with Crippen molar-refractivity contribution in [3.05, 3.63) is 54.2 Å². The normalized spacial score (nSPS) is 9.78. The molecule has 0 unspecified atom stereocenters. The minimum absolute atomic E-state index is 0.0895. The molecule has 1 heterocycles. The van der Waals surface area contributed by atoms with Crippen molar-refractivity contribution >= 4 is 29.2 Å². The molecule has 0 aliphatic heterocycles. The first kappa shape index (κ1) is 16.7. The molecule has 23 heavy (non-hydrogen) atoms. The maximum Gasteiger partial charge on any atom is 0.413 e. The molecule has 7 heteroatoms. The van der Waals surface area contributed by atoms with Crippen molar-refractivity contribution < 1.29 is 14.3 Å². The highest BCUT2D eigenvalue weighted by atomic mass is 32.1. The number of hydrogen-bond donors (Lipinski definition) is 2. The van der Waals surface area contributed by atoms with Crippen LogP contribution in [0.1, 0.15) is 12.5 Å². The predicted molar refractivity (Wildman–Crippen MR) is 91.4 cm³/mol. The van der Waals surface area contributed by atoms with Crippen LogP contribution in [-0.4, -0.2) is 22.8 Å². The Kier molecular flexibility index (Phi) is 6.31. The van der Waals surface area contributed by atoms with E-state index in [0.29, 0.717) is 18.2 Å². The third-order valence-corrected chi connectivity index (χ3v) is 2.93. The number of rotatable bonds is 5. The van der Waals surface area contributed by atoms with Gasteiger partial charge in [0.25, 0.3) is 0 Å². The lowest BCUT2D eigenvalue weighted by molar-refractivity contribution is 0.158. The first-order chi connectivity index (χ1) is 11.2. The van der Waals surface area contributed by atoms with Crippen molar-refractivity contribution in [2.24, 2.45) is 0 Å². The van der Waals surface area contributed by atoms with Crippen LogP contribution in [0, 0.1) is 0 Å². The maximum atomic E-state index is 11.3. The van der Waals surface area contributed by atoms with Crippen molar-refractivity contribution in [1.29, 1.82) is 0 Å². The Balaban J connectivity index is 1.97. The van der Waals surface area contributed by atoms with Crippen LogP contribution in [0.2, 0.25) is 0 Å². The molecule has 0 bridgehead atoms. The molecule has 0 saturated carbocycles. The van der Waals surface area contributed by atoms with Crippen LogP contribution >= 0.6 is 12.2 Å². The zero-order chi connectivity index (χ0) is 16.5. The van der Waals surface area contributed by atoms with Crippen LogP contribution in [0.15, 0.2) is 48.7 Å². The Morgan fingerprint density at radius 1 is 1.22 bits per heavy atom. The van der Waals surface area contributed by atoms with E-state index in [2.05, 4.69) is 15.6 Å². The number of thiocarbonyl (C=S) groups is 1. The number of hydrogen-bond acceptors (Lipinski definition) is 5. The summed E-state index contributed by atoms with van der Waals surface area (Å²) in [5.74, 6) is 0.953. The molecule has 2 rings (SSSR count). The standard InChI is InChI=1S/C16H17N3O3S/c1-2-21-16(20)19-15(23)18-14-13(9-6-10-17-14)22-11-12-7-4-3-5-8-12/h3-10H,2,11H2,1H3,(H2,17,18,19,20,23). The van der Waals surface area contributed by atoms with E-state index in [1.807, 2.05) is 30.3 Å². The molecule has 1 aromatic carbocycles. The third-order valence-electron chi connectivity index (χ3n) is 2.73. The Labute approximate surface area is 139 Å². The van der Waals surface area contributed by atoms with E-state index in [4.69, 9.17) is 21.7 Å². The highest BCUT2D eigenvalue weighted by molar-refractivity contribution is 7.80. The first-order valence-electron chi connectivity index (χ1n) is 7.05. The van der Waals surface area contributed by atoms with E-state index in [9.17, 15) is 4.79 Å². The van der Waals surface area contributed by atoms with Crippen LogP contribution in [-0.2, 0) is 11.3 Å². The quantitative estimate of drug-likeness (QED) is 0.820. The van der Waals surface area contributed by atoms with Gasteiger partial charge in [0.1, 0.15) is 6.61 Å².